The lowest BCUT2D eigenvalue weighted by Crippen LogP contribution is -2.52. The van der Waals surface area contributed by atoms with Crippen molar-refractivity contribution in [3.05, 3.63) is 17.6 Å². The maximum Gasteiger partial charge on any atom is 0.222 e. The van der Waals surface area contributed by atoms with Crippen LogP contribution in [0.1, 0.15) is 57.0 Å². The summed E-state index contributed by atoms with van der Waals surface area (Å²) in [5.74, 6) is 2.25. The van der Waals surface area contributed by atoms with Crippen molar-refractivity contribution in [1.29, 1.82) is 0 Å². The summed E-state index contributed by atoms with van der Waals surface area (Å²) in [5.41, 5.74) is 1.28. The Bertz CT molecular complexity index is 626. The minimum absolute atomic E-state index is 0.151. The predicted molar refractivity (Wildman–Crippen MR) is 102 cm³/mol. The van der Waals surface area contributed by atoms with Gasteiger partial charge in [-0.25, -0.2) is 9.97 Å². The van der Waals surface area contributed by atoms with E-state index in [1.54, 1.807) is 0 Å². The van der Waals surface area contributed by atoms with E-state index in [-0.39, 0.29) is 17.9 Å². The van der Waals surface area contributed by atoms with Crippen LogP contribution in [0, 0.1) is 12.3 Å². The van der Waals surface area contributed by atoms with Crippen molar-refractivity contribution in [3.63, 3.8) is 0 Å². The molecule has 2 saturated heterocycles. The predicted octanol–water partition coefficient (Wildman–Crippen LogP) is 2.33. The molecule has 144 valence electrons. The largest absolute Gasteiger partial charge is 0.396 e. The monoisotopic (exact) mass is 360 g/mol. The average Bonchev–Trinajstić information content (AvgIpc) is 2.63. The topological polar surface area (TPSA) is 69.6 Å². The highest BCUT2D eigenvalue weighted by Crippen LogP contribution is 2.41. The number of hydrogen-bond donors (Lipinski definition) is 1. The fraction of sp³-hybridized carbons (Fsp3) is 0.750. The van der Waals surface area contributed by atoms with Gasteiger partial charge in [0.25, 0.3) is 0 Å². The highest BCUT2D eigenvalue weighted by Gasteiger charge is 2.41. The highest BCUT2D eigenvalue weighted by molar-refractivity contribution is 5.77. The van der Waals surface area contributed by atoms with Crippen LogP contribution in [0.5, 0.6) is 0 Å². The highest BCUT2D eigenvalue weighted by atomic mass is 16.3. The second-order valence-electron chi connectivity index (χ2n) is 7.91. The van der Waals surface area contributed by atoms with Crippen LogP contribution in [0.15, 0.2) is 6.07 Å². The number of rotatable bonds is 6. The van der Waals surface area contributed by atoms with E-state index in [1.807, 2.05) is 11.8 Å². The Kier molecular flexibility index (Phi) is 6.12. The number of likely N-dealkylation sites (tertiary alicyclic amines) is 1. The number of anilines is 1. The number of hydrogen-bond acceptors (Lipinski definition) is 5. The number of aromatic nitrogens is 2. The van der Waals surface area contributed by atoms with Gasteiger partial charge in [-0.05, 0) is 44.4 Å². The molecule has 1 aromatic heterocycles. The van der Waals surface area contributed by atoms with E-state index in [0.29, 0.717) is 19.4 Å². The zero-order chi connectivity index (χ0) is 18.6. The zero-order valence-corrected chi connectivity index (χ0v) is 16.2. The molecule has 1 spiro atoms. The number of carbonyl (C=O) groups is 1. The maximum atomic E-state index is 12.2. The Morgan fingerprint density at radius 2 is 2.00 bits per heavy atom. The Labute approximate surface area is 156 Å². The molecule has 0 aliphatic carbocycles. The molecule has 1 amide bonds. The molecule has 3 rings (SSSR count). The van der Waals surface area contributed by atoms with Crippen molar-refractivity contribution in [2.45, 2.75) is 58.8 Å². The number of carbonyl (C=O) groups excluding carboxylic acids is 1. The van der Waals surface area contributed by atoms with Crippen LogP contribution in [-0.2, 0) is 11.2 Å². The van der Waals surface area contributed by atoms with E-state index in [2.05, 4.69) is 22.9 Å². The first-order chi connectivity index (χ1) is 12.5. The van der Waals surface area contributed by atoms with Gasteiger partial charge in [0.2, 0.25) is 5.91 Å². The van der Waals surface area contributed by atoms with Gasteiger partial charge in [0, 0.05) is 57.4 Å². The molecular weight excluding hydrogens is 328 g/mol. The van der Waals surface area contributed by atoms with Crippen LogP contribution >= 0.6 is 0 Å². The summed E-state index contributed by atoms with van der Waals surface area (Å²) in [6.45, 7) is 7.87. The van der Waals surface area contributed by atoms with E-state index in [0.717, 1.165) is 69.1 Å². The van der Waals surface area contributed by atoms with E-state index in [9.17, 15) is 4.79 Å². The van der Waals surface area contributed by atoms with Gasteiger partial charge in [-0.3, -0.25) is 4.79 Å². The Morgan fingerprint density at radius 1 is 1.23 bits per heavy atom. The molecule has 0 bridgehead atoms. The molecule has 6 nitrogen and oxygen atoms in total. The Hall–Kier alpha value is -1.69. The van der Waals surface area contributed by atoms with Gasteiger partial charge >= 0.3 is 0 Å². The third kappa shape index (κ3) is 4.34. The molecule has 6 heteroatoms. The van der Waals surface area contributed by atoms with E-state index in [4.69, 9.17) is 10.1 Å². The van der Waals surface area contributed by atoms with Gasteiger partial charge in [0.1, 0.15) is 11.6 Å². The third-order valence-corrected chi connectivity index (χ3v) is 5.84. The number of aryl methyl sites for hydroxylation is 2. The molecule has 3 heterocycles. The lowest BCUT2D eigenvalue weighted by molar-refractivity contribution is -0.138. The van der Waals surface area contributed by atoms with Crippen LogP contribution < -0.4 is 4.90 Å². The van der Waals surface area contributed by atoms with Gasteiger partial charge in [0.15, 0.2) is 0 Å². The number of nitrogens with zero attached hydrogens (tertiary/aromatic N) is 4. The minimum atomic E-state index is 0.151. The molecule has 1 aromatic rings. The summed E-state index contributed by atoms with van der Waals surface area (Å²) < 4.78 is 0. The van der Waals surface area contributed by atoms with Crippen molar-refractivity contribution < 1.29 is 9.90 Å². The van der Waals surface area contributed by atoms with Crippen molar-refractivity contribution in [1.82, 2.24) is 14.9 Å². The van der Waals surface area contributed by atoms with Crippen LogP contribution in [0.4, 0.5) is 5.82 Å². The van der Waals surface area contributed by atoms with Crippen molar-refractivity contribution in [2.75, 3.05) is 37.7 Å². The summed E-state index contributed by atoms with van der Waals surface area (Å²) in [4.78, 5) is 25.8. The molecule has 26 heavy (non-hydrogen) atoms. The standard InChI is InChI=1S/C20H32N4O2/c1-3-5-17-21-16(2)14-18(22-17)23-11-8-20(9-12-23)7-6-19(26)24(15-20)10-4-13-25/h14,25H,3-13,15H2,1-2H3. The second-order valence-corrected chi connectivity index (χ2v) is 7.91. The van der Waals surface area contributed by atoms with Gasteiger partial charge in [-0.1, -0.05) is 6.92 Å². The van der Waals surface area contributed by atoms with Gasteiger partial charge in [-0.2, -0.15) is 0 Å². The number of amides is 1. The molecule has 0 atom stereocenters. The fourth-order valence-electron chi connectivity index (χ4n) is 4.30. The van der Waals surface area contributed by atoms with E-state index < -0.39 is 0 Å². The minimum Gasteiger partial charge on any atom is -0.396 e. The number of aliphatic hydroxyl groups excluding tert-OH is 1. The molecule has 0 saturated carbocycles. The first-order valence-corrected chi connectivity index (χ1v) is 10.0. The number of piperidine rings is 2. The summed E-state index contributed by atoms with van der Waals surface area (Å²) in [5, 5.41) is 9.07. The van der Waals surface area contributed by atoms with Crippen LogP contribution in [0.3, 0.4) is 0 Å². The van der Waals surface area contributed by atoms with E-state index in [1.165, 1.54) is 0 Å². The molecule has 2 aliphatic rings. The smallest absolute Gasteiger partial charge is 0.222 e. The van der Waals surface area contributed by atoms with Gasteiger partial charge in [-0.15, -0.1) is 0 Å². The molecular formula is C20H32N4O2. The summed E-state index contributed by atoms with van der Waals surface area (Å²) in [6.07, 6.45) is 6.51. The first kappa shape index (κ1) is 19.1. The lowest BCUT2D eigenvalue weighted by atomic mass is 9.72. The maximum absolute atomic E-state index is 12.2. The fourth-order valence-corrected chi connectivity index (χ4v) is 4.30. The molecule has 0 radical (unpaired) electrons. The van der Waals surface area contributed by atoms with Crippen molar-refractivity contribution in [2.24, 2.45) is 5.41 Å². The van der Waals surface area contributed by atoms with Gasteiger partial charge < -0.3 is 14.9 Å². The summed E-state index contributed by atoms with van der Waals surface area (Å²) in [6, 6.07) is 2.09. The summed E-state index contributed by atoms with van der Waals surface area (Å²) in [7, 11) is 0. The zero-order valence-electron chi connectivity index (χ0n) is 16.2. The van der Waals surface area contributed by atoms with Crippen LogP contribution in [0.2, 0.25) is 0 Å². The first-order valence-electron chi connectivity index (χ1n) is 10.0. The summed E-state index contributed by atoms with van der Waals surface area (Å²) >= 11 is 0. The second kappa shape index (κ2) is 8.33. The average molecular weight is 361 g/mol. The SMILES string of the molecule is CCCc1nc(C)cc(N2CCC3(CCC(=O)N(CCCO)C3)CC2)n1. The molecule has 2 fully saturated rings. The molecule has 1 N–H and O–H groups in total. The van der Waals surface area contributed by atoms with Crippen LogP contribution in [-0.4, -0.2) is 58.7 Å². The van der Waals surface area contributed by atoms with Crippen molar-refractivity contribution >= 4 is 11.7 Å². The normalized spacial score (nSPS) is 20.0. The molecule has 0 aromatic carbocycles. The van der Waals surface area contributed by atoms with Crippen LogP contribution in [0.25, 0.3) is 0 Å². The Balaban J connectivity index is 1.64. The Morgan fingerprint density at radius 3 is 2.69 bits per heavy atom. The van der Waals surface area contributed by atoms with E-state index >= 15 is 0 Å². The lowest BCUT2D eigenvalue weighted by Gasteiger charge is -2.47. The third-order valence-electron chi connectivity index (χ3n) is 5.84. The number of aliphatic hydroxyl groups is 1. The van der Waals surface area contributed by atoms with Gasteiger partial charge in [0.05, 0.1) is 0 Å². The quantitative estimate of drug-likeness (QED) is 0.843. The molecule has 0 unspecified atom stereocenters. The van der Waals surface area contributed by atoms with Crippen molar-refractivity contribution in [3.8, 4) is 0 Å². The molecule has 2 aliphatic heterocycles.